The minimum Gasteiger partial charge on any atom is -0.480 e. The van der Waals surface area contributed by atoms with Crippen molar-refractivity contribution in [3.63, 3.8) is 0 Å². The zero-order chi connectivity index (χ0) is 13.0. The van der Waals surface area contributed by atoms with Crippen molar-refractivity contribution in [2.24, 2.45) is 0 Å². The number of rotatable bonds is 4. The van der Waals surface area contributed by atoms with E-state index in [0.29, 0.717) is 10.1 Å². The van der Waals surface area contributed by atoms with Crippen LogP contribution in [0.1, 0.15) is 5.69 Å². The number of aliphatic carboxylic acids is 1. The van der Waals surface area contributed by atoms with Crippen LogP contribution in [-0.4, -0.2) is 36.3 Å². The third-order valence-electron chi connectivity index (χ3n) is 1.86. The van der Waals surface area contributed by atoms with Crippen molar-refractivity contribution in [1.82, 2.24) is 25.2 Å². The Kier molecular flexibility index (Phi) is 3.49. The molecule has 0 aliphatic rings. The maximum absolute atomic E-state index is 10.6. The second-order valence-corrected chi connectivity index (χ2v) is 4.09. The molecule has 9 heteroatoms. The molecule has 0 atom stereocenters. The molecule has 0 amide bonds. The fourth-order valence-electron chi connectivity index (χ4n) is 1.15. The van der Waals surface area contributed by atoms with Crippen LogP contribution in [0.15, 0.2) is 28.4 Å². The summed E-state index contributed by atoms with van der Waals surface area (Å²) in [5.74, 6) is -1.05. The van der Waals surface area contributed by atoms with Crippen molar-refractivity contribution in [3.05, 3.63) is 24.0 Å². The maximum atomic E-state index is 10.6. The van der Waals surface area contributed by atoms with Crippen LogP contribution in [0.4, 0.5) is 0 Å². The summed E-state index contributed by atoms with van der Waals surface area (Å²) >= 11 is 1.09. The average Bonchev–Trinajstić information content (AvgIpc) is 2.76. The number of hydrogen-bond donors (Lipinski definition) is 1. The summed E-state index contributed by atoms with van der Waals surface area (Å²) in [6, 6.07) is 5.31. The normalized spacial score (nSPS) is 9.94. The minimum absolute atomic E-state index is 0.243. The quantitative estimate of drug-likeness (QED) is 0.828. The van der Waals surface area contributed by atoms with Gasteiger partial charge in [0.25, 0.3) is 0 Å². The molecule has 0 bridgehead atoms. The Morgan fingerprint density at radius 2 is 2.44 bits per heavy atom. The lowest BCUT2D eigenvalue weighted by Gasteiger charge is -2.02. The predicted molar refractivity (Wildman–Crippen MR) is 58.5 cm³/mol. The fraction of sp³-hybridized carbons (Fsp3) is 0.111. The molecule has 1 N–H and O–H groups in total. The van der Waals surface area contributed by atoms with Crippen molar-refractivity contribution in [2.75, 3.05) is 0 Å². The van der Waals surface area contributed by atoms with Gasteiger partial charge in [0.05, 0.1) is 4.90 Å². The molecule has 0 aromatic carbocycles. The van der Waals surface area contributed by atoms with E-state index in [4.69, 9.17) is 10.4 Å². The largest absolute Gasteiger partial charge is 0.480 e. The van der Waals surface area contributed by atoms with Gasteiger partial charge < -0.3 is 5.11 Å². The van der Waals surface area contributed by atoms with Crippen molar-refractivity contribution < 1.29 is 9.90 Å². The lowest BCUT2D eigenvalue weighted by Crippen LogP contribution is -2.11. The van der Waals surface area contributed by atoms with Gasteiger partial charge >= 0.3 is 5.97 Å². The molecule has 0 aliphatic carbocycles. The molecule has 0 spiro atoms. The summed E-state index contributed by atoms with van der Waals surface area (Å²) < 4.78 is 1.14. The minimum atomic E-state index is -1.05. The third kappa shape index (κ3) is 2.61. The van der Waals surface area contributed by atoms with Crippen molar-refractivity contribution in [2.45, 2.75) is 16.6 Å². The number of carboxylic acids is 1. The fourth-order valence-corrected chi connectivity index (χ4v) is 1.97. The van der Waals surface area contributed by atoms with Crippen molar-refractivity contribution in [3.8, 4) is 6.07 Å². The van der Waals surface area contributed by atoms with Crippen LogP contribution in [0.5, 0.6) is 0 Å². The number of carboxylic acid groups (broad SMARTS) is 1. The number of nitrogens with zero attached hydrogens (tertiary/aromatic N) is 6. The second kappa shape index (κ2) is 5.24. The van der Waals surface area contributed by atoms with E-state index in [9.17, 15) is 4.79 Å². The Hall–Kier alpha value is -2.47. The Bertz CT molecular complexity index is 620. The first-order valence-corrected chi connectivity index (χ1v) is 5.53. The van der Waals surface area contributed by atoms with Gasteiger partial charge in [-0.15, -0.1) is 5.10 Å². The highest BCUT2D eigenvalue weighted by Crippen LogP contribution is 2.26. The predicted octanol–water partition coefficient (Wildman–Crippen LogP) is 0.176. The van der Waals surface area contributed by atoms with E-state index in [-0.39, 0.29) is 12.2 Å². The van der Waals surface area contributed by atoms with E-state index < -0.39 is 5.97 Å². The number of carbonyl (C=O) groups is 1. The standard InChI is InChI=1S/C9H6N6O2S/c10-4-6-7(2-1-3-11-6)18-9-12-13-14-15(9)5-8(16)17/h1-3H,5H2,(H,16,17). The molecule has 90 valence electrons. The van der Waals surface area contributed by atoms with Crippen LogP contribution in [0.2, 0.25) is 0 Å². The van der Waals surface area contributed by atoms with Gasteiger partial charge in [0.2, 0.25) is 5.16 Å². The van der Waals surface area contributed by atoms with Gasteiger partial charge in [0, 0.05) is 6.20 Å². The first-order valence-electron chi connectivity index (χ1n) is 4.71. The van der Waals surface area contributed by atoms with Crippen LogP contribution >= 0.6 is 11.8 Å². The summed E-state index contributed by atoms with van der Waals surface area (Å²) in [5.41, 5.74) is 0.243. The summed E-state index contributed by atoms with van der Waals surface area (Å²) in [6.45, 7) is -0.336. The molecule has 0 unspecified atom stereocenters. The average molecular weight is 262 g/mol. The third-order valence-corrected chi connectivity index (χ3v) is 2.89. The number of hydrogen-bond acceptors (Lipinski definition) is 7. The van der Waals surface area contributed by atoms with Gasteiger partial charge in [-0.1, -0.05) is 0 Å². The van der Waals surface area contributed by atoms with Crippen molar-refractivity contribution in [1.29, 1.82) is 5.26 Å². The molecular weight excluding hydrogens is 256 g/mol. The van der Waals surface area contributed by atoms with E-state index in [2.05, 4.69) is 20.5 Å². The zero-order valence-electron chi connectivity index (χ0n) is 8.89. The van der Waals surface area contributed by atoms with E-state index >= 15 is 0 Å². The van der Waals surface area contributed by atoms with Gasteiger partial charge in [0.1, 0.15) is 12.6 Å². The Morgan fingerprint density at radius 1 is 1.61 bits per heavy atom. The second-order valence-electron chi connectivity index (χ2n) is 3.08. The van der Waals surface area contributed by atoms with Gasteiger partial charge in [0.15, 0.2) is 5.69 Å². The molecule has 2 aromatic rings. The Morgan fingerprint density at radius 3 is 3.17 bits per heavy atom. The molecule has 2 aromatic heterocycles. The van der Waals surface area contributed by atoms with E-state index in [1.54, 1.807) is 12.1 Å². The molecule has 2 heterocycles. The molecule has 2 rings (SSSR count). The van der Waals surface area contributed by atoms with Crippen LogP contribution in [0.3, 0.4) is 0 Å². The Balaban J connectivity index is 2.27. The van der Waals surface area contributed by atoms with Gasteiger partial charge in [-0.3, -0.25) is 4.79 Å². The van der Waals surface area contributed by atoms with E-state index in [1.165, 1.54) is 6.20 Å². The summed E-state index contributed by atoms with van der Waals surface area (Å²) in [7, 11) is 0. The number of aromatic nitrogens is 5. The molecule has 0 saturated heterocycles. The first kappa shape index (κ1) is 12.0. The van der Waals surface area contributed by atoms with Crippen LogP contribution in [-0.2, 0) is 11.3 Å². The molecular formula is C9H6N6O2S. The zero-order valence-corrected chi connectivity index (χ0v) is 9.70. The molecule has 0 saturated carbocycles. The molecule has 0 fully saturated rings. The smallest absolute Gasteiger partial charge is 0.325 e. The summed E-state index contributed by atoms with van der Waals surface area (Å²) in [4.78, 5) is 15.1. The van der Waals surface area contributed by atoms with Crippen LogP contribution in [0, 0.1) is 11.3 Å². The van der Waals surface area contributed by atoms with E-state index in [0.717, 1.165) is 16.4 Å². The lowest BCUT2D eigenvalue weighted by molar-refractivity contribution is -0.138. The van der Waals surface area contributed by atoms with Crippen LogP contribution < -0.4 is 0 Å². The van der Waals surface area contributed by atoms with Crippen LogP contribution in [0.25, 0.3) is 0 Å². The summed E-state index contributed by atoms with van der Waals surface area (Å²) in [6.07, 6.45) is 1.50. The molecule has 0 radical (unpaired) electrons. The van der Waals surface area contributed by atoms with Gasteiger partial charge in [-0.2, -0.15) is 5.26 Å². The molecule has 18 heavy (non-hydrogen) atoms. The first-order chi connectivity index (χ1) is 8.70. The number of nitriles is 1. The van der Waals surface area contributed by atoms with E-state index in [1.807, 2.05) is 6.07 Å². The number of tetrazole rings is 1. The highest BCUT2D eigenvalue weighted by atomic mass is 32.2. The SMILES string of the molecule is N#Cc1ncccc1Sc1nnnn1CC(=O)O. The van der Waals surface area contributed by atoms with Gasteiger partial charge in [-0.25, -0.2) is 9.67 Å². The highest BCUT2D eigenvalue weighted by Gasteiger charge is 2.13. The topological polar surface area (TPSA) is 118 Å². The molecule has 0 aliphatic heterocycles. The van der Waals surface area contributed by atoms with Crippen molar-refractivity contribution >= 4 is 17.7 Å². The van der Waals surface area contributed by atoms with Gasteiger partial charge in [-0.05, 0) is 34.3 Å². The maximum Gasteiger partial charge on any atom is 0.325 e. The Labute approximate surface area is 105 Å². The number of pyridine rings is 1. The lowest BCUT2D eigenvalue weighted by atomic mass is 10.4. The monoisotopic (exact) mass is 262 g/mol. The molecule has 8 nitrogen and oxygen atoms in total. The highest BCUT2D eigenvalue weighted by molar-refractivity contribution is 7.99. The summed E-state index contributed by atoms with van der Waals surface area (Å²) in [5, 5.41) is 28.5.